The molecular formula is C16H27N3O. The van der Waals surface area contributed by atoms with E-state index in [0.717, 1.165) is 31.7 Å². The Morgan fingerprint density at radius 1 is 1.20 bits per heavy atom. The largest absolute Gasteiger partial charge is 0.357 e. The van der Waals surface area contributed by atoms with Gasteiger partial charge in [0.1, 0.15) is 5.82 Å². The van der Waals surface area contributed by atoms with Gasteiger partial charge < -0.3 is 10.2 Å². The summed E-state index contributed by atoms with van der Waals surface area (Å²) in [5.74, 6) is 0.870. The standard InChI is InChI=1S/C16H27N3O/c1-6-10-19(11-7-2)14-9-8-13(12-17-14)15(20)18-16(3,4)5/h8-9,12H,6-7,10-11H2,1-5H3,(H,18,20). The van der Waals surface area contributed by atoms with Crippen LogP contribution in [0.25, 0.3) is 0 Å². The van der Waals surface area contributed by atoms with Crippen molar-refractivity contribution in [2.45, 2.75) is 53.0 Å². The maximum absolute atomic E-state index is 12.0. The molecule has 1 rings (SSSR count). The number of amides is 1. The summed E-state index contributed by atoms with van der Waals surface area (Å²) >= 11 is 0. The summed E-state index contributed by atoms with van der Waals surface area (Å²) in [5.41, 5.74) is 0.378. The fraction of sp³-hybridized carbons (Fsp3) is 0.625. The highest BCUT2D eigenvalue weighted by Crippen LogP contribution is 2.13. The zero-order valence-electron chi connectivity index (χ0n) is 13.4. The van der Waals surface area contributed by atoms with Gasteiger partial charge in [0.2, 0.25) is 0 Å². The second-order valence-corrected chi connectivity index (χ2v) is 6.10. The summed E-state index contributed by atoms with van der Waals surface area (Å²) in [6, 6.07) is 3.78. The molecule has 0 atom stereocenters. The van der Waals surface area contributed by atoms with E-state index < -0.39 is 0 Å². The molecular weight excluding hydrogens is 250 g/mol. The normalized spacial score (nSPS) is 11.2. The van der Waals surface area contributed by atoms with E-state index >= 15 is 0 Å². The van der Waals surface area contributed by atoms with E-state index in [1.807, 2.05) is 32.9 Å². The number of aromatic nitrogens is 1. The second kappa shape index (κ2) is 7.27. The van der Waals surface area contributed by atoms with E-state index in [1.54, 1.807) is 6.20 Å². The van der Waals surface area contributed by atoms with E-state index in [9.17, 15) is 4.79 Å². The van der Waals surface area contributed by atoms with Gasteiger partial charge in [0.15, 0.2) is 0 Å². The number of carbonyl (C=O) groups is 1. The molecule has 0 spiro atoms. The Morgan fingerprint density at radius 2 is 1.80 bits per heavy atom. The van der Waals surface area contributed by atoms with Crippen LogP contribution in [0, 0.1) is 0 Å². The lowest BCUT2D eigenvalue weighted by molar-refractivity contribution is 0.0919. The van der Waals surface area contributed by atoms with Crippen molar-refractivity contribution in [3.05, 3.63) is 23.9 Å². The van der Waals surface area contributed by atoms with Crippen LogP contribution in [0.3, 0.4) is 0 Å². The number of nitrogens with one attached hydrogen (secondary N) is 1. The average Bonchev–Trinajstić information content (AvgIpc) is 2.37. The SMILES string of the molecule is CCCN(CCC)c1ccc(C(=O)NC(C)(C)C)cn1. The van der Waals surface area contributed by atoms with Crippen molar-refractivity contribution in [3.63, 3.8) is 0 Å². The first-order chi connectivity index (χ1) is 9.37. The molecule has 0 aliphatic heterocycles. The lowest BCUT2D eigenvalue weighted by Crippen LogP contribution is -2.40. The first-order valence-electron chi connectivity index (χ1n) is 7.41. The highest BCUT2D eigenvalue weighted by atomic mass is 16.1. The van der Waals surface area contributed by atoms with Crippen LogP contribution in [0.4, 0.5) is 5.82 Å². The molecule has 1 aromatic rings. The van der Waals surface area contributed by atoms with Crippen LogP contribution in [0.15, 0.2) is 18.3 Å². The van der Waals surface area contributed by atoms with Crippen LogP contribution in [0.5, 0.6) is 0 Å². The monoisotopic (exact) mass is 277 g/mol. The quantitative estimate of drug-likeness (QED) is 0.868. The molecule has 1 heterocycles. The van der Waals surface area contributed by atoms with E-state index in [4.69, 9.17) is 0 Å². The molecule has 0 aliphatic rings. The fourth-order valence-electron chi connectivity index (χ4n) is 2.00. The lowest BCUT2D eigenvalue weighted by Gasteiger charge is -2.23. The minimum absolute atomic E-state index is 0.0749. The minimum Gasteiger partial charge on any atom is -0.357 e. The van der Waals surface area contributed by atoms with Gasteiger partial charge in [0.25, 0.3) is 5.91 Å². The lowest BCUT2D eigenvalue weighted by atomic mass is 10.1. The molecule has 0 bridgehead atoms. The van der Waals surface area contributed by atoms with Gasteiger partial charge in [-0.15, -0.1) is 0 Å². The number of rotatable bonds is 6. The Bertz CT molecular complexity index is 414. The van der Waals surface area contributed by atoms with Gasteiger partial charge in [0.05, 0.1) is 5.56 Å². The van der Waals surface area contributed by atoms with Crippen molar-refractivity contribution in [2.24, 2.45) is 0 Å². The highest BCUT2D eigenvalue weighted by Gasteiger charge is 2.16. The van der Waals surface area contributed by atoms with E-state index in [2.05, 4.69) is 29.0 Å². The van der Waals surface area contributed by atoms with Crippen molar-refractivity contribution in [3.8, 4) is 0 Å². The van der Waals surface area contributed by atoms with Gasteiger partial charge in [-0.1, -0.05) is 13.8 Å². The first kappa shape index (κ1) is 16.5. The maximum Gasteiger partial charge on any atom is 0.253 e. The third-order valence-corrected chi connectivity index (χ3v) is 2.81. The third kappa shape index (κ3) is 5.19. The number of hydrogen-bond acceptors (Lipinski definition) is 3. The van der Waals surface area contributed by atoms with Gasteiger partial charge in [-0.2, -0.15) is 0 Å². The number of hydrogen-bond donors (Lipinski definition) is 1. The topological polar surface area (TPSA) is 45.2 Å². The molecule has 0 saturated heterocycles. The summed E-state index contributed by atoms with van der Waals surface area (Å²) < 4.78 is 0. The van der Waals surface area contributed by atoms with Gasteiger partial charge in [-0.3, -0.25) is 4.79 Å². The van der Waals surface area contributed by atoms with Crippen molar-refractivity contribution < 1.29 is 4.79 Å². The van der Waals surface area contributed by atoms with Crippen molar-refractivity contribution in [1.82, 2.24) is 10.3 Å². The molecule has 0 saturated carbocycles. The summed E-state index contributed by atoms with van der Waals surface area (Å²) in [6.45, 7) is 12.2. The summed E-state index contributed by atoms with van der Waals surface area (Å²) in [5, 5.41) is 2.94. The predicted octanol–water partition coefficient (Wildman–Crippen LogP) is 3.24. The van der Waals surface area contributed by atoms with E-state index in [1.165, 1.54) is 0 Å². The van der Waals surface area contributed by atoms with E-state index in [0.29, 0.717) is 5.56 Å². The van der Waals surface area contributed by atoms with Crippen LogP contribution in [-0.2, 0) is 0 Å². The first-order valence-corrected chi connectivity index (χ1v) is 7.41. The van der Waals surface area contributed by atoms with Crippen molar-refractivity contribution >= 4 is 11.7 Å². The summed E-state index contributed by atoms with van der Waals surface area (Å²) in [7, 11) is 0. The molecule has 4 nitrogen and oxygen atoms in total. The van der Waals surface area contributed by atoms with Crippen LogP contribution in [-0.4, -0.2) is 29.5 Å². The second-order valence-electron chi connectivity index (χ2n) is 6.10. The summed E-state index contributed by atoms with van der Waals surface area (Å²) in [4.78, 5) is 18.7. The van der Waals surface area contributed by atoms with Gasteiger partial charge in [-0.05, 0) is 45.7 Å². The van der Waals surface area contributed by atoms with Crippen molar-refractivity contribution in [1.29, 1.82) is 0 Å². The Hall–Kier alpha value is -1.58. The van der Waals surface area contributed by atoms with Crippen molar-refractivity contribution in [2.75, 3.05) is 18.0 Å². The maximum atomic E-state index is 12.0. The fourth-order valence-corrected chi connectivity index (χ4v) is 2.00. The van der Waals surface area contributed by atoms with E-state index in [-0.39, 0.29) is 11.4 Å². The number of carbonyl (C=O) groups excluding carboxylic acids is 1. The molecule has 0 unspecified atom stereocenters. The van der Waals surface area contributed by atoms with Gasteiger partial charge in [-0.25, -0.2) is 4.98 Å². The predicted molar refractivity (Wildman–Crippen MR) is 84.3 cm³/mol. The van der Waals surface area contributed by atoms with Crippen LogP contribution >= 0.6 is 0 Å². The molecule has 0 aromatic carbocycles. The molecule has 112 valence electrons. The molecule has 20 heavy (non-hydrogen) atoms. The summed E-state index contributed by atoms with van der Waals surface area (Å²) in [6.07, 6.45) is 3.84. The molecule has 0 radical (unpaired) electrons. The Morgan fingerprint density at radius 3 is 2.20 bits per heavy atom. The van der Waals surface area contributed by atoms with Crippen LogP contribution < -0.4 is 10.2 Å². The molecule has 4 heteroatoms. The smallest absolute Gasteiger partial charge is 0.253 e. The zero-order valence-corrected chi connectivity index (χ0v) is 13.4. The average molecular weight is 277 g/mol. The minimum atomic E-state index is -0.230. The molecule has 1 N–H and O–H groups in total. The zero-order chi connectivity index (χ0) is 15.2. The van der Waals surface area contributed by atoms with Crippen LogP contribution in [0.1, 0.15) is 57.8 Å². The Kier molecular flexibility index (Phi) is 5.99. The Balaban J connectivity index is 2.79. The number of anilines is 1. The van der Waals surface area contributed by atoms with Gasteiger partial charge in [0, 0.05) is 24.8 Å². The Labute approximate surface area is 122 Å². The van der Waals surface area contributed by atoms with Gasteiger partial charge >= 0.3 is 0 Å². The molecule has 0 aliphatic carbocycles. The molecule has 0 fully saturated rings. The highest BCUT2D eigenvalue weighted by molar-refractivity contribution is 5.94. The van der Waals surface area contributed by atoms with Crippen LogP contribution in [0.2, 0.25) is 0 Å². The third-order valence-electron chi connectivity index (χ3n) is 2.81. The molecule has 1 aromatic heterocycles. The molecule has 1 amide bonds. The number of pyridine rings is 1. The number of nitrogens with zero attached hydrogens (tertiary/aromatic N) is 2.